The lowest BCUT2D eigenvalue weighted by molar-refractivity contribution is 0.443. The minimum absolute atomic E-state index is 0.309. The largest absolute Gasteiger partial charge is 0.457 e. The second kappa shape index (κ2) is 13.0. The zero-order chi connectivity index (χ0) is 34.6. The SMILES string of the molecule is CC1=CCC[C@H](C)[C@@H]1c1c(C(C)C)nn(-c2cc(Oc3ccc4c5ccccc5n(-c5cc(C)ccn5)c4c3)cc(C(C)C)c2)c1C(C)C. The highest BCUT2D eigenvalue weighted by molar-refractivity contribution is 6.09. The van der Waals surface area contributed by atoms with E-state index in [2.05, 4.69) is 144 Å². The zero-order valence-electron chi connectivity index (χ0n) is 30.6. The second-order valence-corrected chi connectivity index (χ2v) is 15.1. The number of aromatic nitrogens is 4. The lowest BCUT2D eigenvalue weighted by Crippen LogP contribution is -2.18. The Balaban J connectivity index is 1.37. The van der Waals surface area contributed by atoms with E-state index in [-0.39, 0.29) is 0 Å². The van der Waals surface area contributed by atoms with Crippen molar-refractivity contribution in [3.63, 3.8) is 0 Å². The summed E-state index contributed by atoms with van der Waals surface area (Å²) in [6.45, 7) is 20.5. The molecule has 49 heavy (non-hydrogen) atoms. The summed E-state index contributed by atoms with van der Waals surface area (Å²) in [5, 5.41) is 7.81. The number of allylic oxidation sites excluding steroid dienone is 2. The summed E-state index contributed by atoms with van der Waals surface area (Å²) in [5.41, 5.74) is 11.1. The predicted molar refractivity (Wildman–Crippen MR) is 204 cm³/mol. The molecule has 5 heteroatoms. The summed E-state index contributed by atoms with van der Waals surface area (Å²) < 4.78 is 11.3. The Labute approximate surface area is 291 Å². The normalized spacial score (nSPS) is 16.8. The van der Waals surface area contributed by atoms with Gasteiger partial charge in [-0.05, 0) is 104 Å². The smallest absolute Gasteiger partial charge is 0.137 e. The fraction of sp³-hybridized carbons (Fsp3) is 0.364. The summed E-state index contributed by atoms with van der Waals surface area (Å²) in [6.07, 6.45) is 6.71. The minimum Gasteiger partial charge on any atom is -0.457 e. The minimum atomic E-state index is 0.309. The van der Waals surface area contributed by atoms with Crippen molar-refractivity contribution in [1.29, 1.82) is 0 Å². The average molecular weight is 651 g/mol. The van der Waals surface area contributed by atoms with Gasteiger partial charge >= 0.3 is 0 Å². The molecule has 0 spiro atoms. The number of nitrogens with zero attached hydrogens (tertiary/aromatic N) is 4. The van der Waals surface area contributed by atoms with E-state index in [0.29, 0.717) is 29.6 Å². The van der Waals surface area contributed by atoms with Crippen LogP contribution in [0.25, 0.3) is 33.3 Å². The molecule has 0 saturated heterocycles. The molecule has 0 N–H and O–H groups in total. The van der Waals surface area contributed by atoms with Gasteiger partial charge in [0.05, 0.1) is 28.1 Å². The Morgan fingerprint density at radius 2 is 1.55 bits per heavy atom. The van der Waals surface area contributed by atoms with Crippen LogP contribution in [0.3, 0.4) is 0 Å². The maximum atomic E-state index is 6.80. The molecule has 7 rings (SSSR count). The summed E-state index contributed by atoms with van der Waals surface area (Å²) in [4.78, 5) is 4.77. The molecule has 3 aromatic heterocycles. The highest BCUT2D eigenvalue weighted by Crippen LogP contribution is 2.45. The zero-order valence-corrected chi connectivity index (χ0v) is 30.6. The first-order valence-electron chi connectivity index (χ1n) is 18.1. The van der Waals surface area contributed by atoms with Crippen molar-refractivity contribution in [3.8, 4) is 23.0 Å². The Morgan fingerprint density at radius 3 is 2.27 bits per heavy atom. The molecule has 0 unspecified atom stereocenters. The molecule has 1 aliphatic rings. The van der Waals surface area contributed by atoms with Gasteiger partial charge in [-0.3, -0.25) is 4.57 Å². The molecule has 2 atom stereocenters. The van der Waals surface area contributed by atoms with E-state index in [1.807, 2.05) is 12.3 Å². The van der Waals surface area contributed by atoms with Crippen LogP contribution in [0.5, 0.6) is 11.5 Å². The van der Waals surface area contributed by atoms with E-state index in [4.69, 9.17) is 14.8 Å². The molecule has 0 fully saturated rings. The lowest BCUT2D eigenvalue weighted by atomic mass is 9.73. The Kier molecular flexibility index (Phi) is 8.73. The molecule has 5 nitrogen and oxygen atoms in total. The fourth-order valence-electron chi connectivity index (χ4n) is 7.95. The standard InChI is InChI=1S/C44H50N4O/c1-26(2)32-22-33(48-44(28(5)6)42(43(46-48)27(3)4)41-30(8)13-12-14-31(41)9)24-35(23-32)49-34-17-18-37-36-15-10-11-16-38(36)47(39(37)25-34)40-21-29(7)19-20-45-40/h10-11,13,15-28,31,41H,12,14H2,1-9H3/t31-,41+/m0/s1. The molecule has 1 aliphatic carbocycles. The third kappa shape index (κ3) is 5.98. The van der Waals surface area contributed by atoms with Crippen molar-refractivity contribution in [2.24, 2.45) is 5.92 Å². The van der Waals surface area contributed by atoms with Crippen LogP contribution in [-0.2, 0) is 0 Å². The summed E-state index contributed by atoms with van der Waals surface area (Å²) in [5.74, 6) is 4.44. The van der Waals surface area contributed by atoms with Gasteiger partial charge in [0.25, 0.3) is 0 Å². The lowest BCUT2D eigenvalue weighted by Gasteiger charge is -2.31. The van der Waals surface area contributed by atoms with Crippen molar-refractivity contribution < 1.29 is 4.74 Å². The number of fused-ring (bicyclic) bond motifs is 3. The van der Waals surface area contributed by atoms with Crippen LogP contribution >= 0.6 is 0 Å². The number of benzene rings is 3. The van der Waals surface area contributed by atoms with Crippen LogP contribution in [-0.4, -0.2) is 19.3 Å². The third-order valence-electron chi connectivity index (χ3n) is 10.4. The van der Waals surface area contributed by atoms with E-state index < -0.39 is 0 Å². The van der Waals surface area contributed by atoms with Crippen LogP contribution in [0.2, 0.25) is 0 Å². The van der Waals surface area contributed by atoms with Crippen LogP contribution in [0.1, 0.15) is 120 Å². The topological polar surface area (TPSA) is 44.9 Å². The van der Waals surface area contributed by atoms with Crippen LogP contribution in [0.15, 0.2) is 90.6 Å². The van der Waals surface area contributed by atoms with Gasteiger partial charge < -0.3 is 4.74 Å². The summed E-state index contributed by atoms with van der Waals surface area (Å²) >= 11 is 0. The maximum Gasteiger partial charge on any atom is 0.137 e. The number of pyridine rings is 1. The molecule has 0 bridgehead atoms. The first-order chi connectivity index (χ1) is 23.5. The highest BCUT2D eigenvalue weighted by Gasteiger charge is 2.34. The van der Waals surface area contributed by atoms with Crippen LogP contribution in [0, 0.1) is 12.8 Å². The number of hydrogen-bond acceptors (Lipinski definition) is 3. The molecule has 0 aliphatic heterocycles. The van der Waals surface area contributed by atoms with E-state index in [1.54, 1.807) is 0 Å². The van der Waals surface area contributed by atoms with Gasteiger partial charge in [0.2, 0.25) is 0 Å². The van der Waals surface area contributed by atoms with Crippen molar-refractivity contribution in [2.45, 2.75) is 98.8 Å². The molecule has 3 heterocycles. The van der Waals surface area contributed by atoms with Crippen molar-refractivity contribution in [1.82, 2.24) is 19.3 Å². The number of ether oxygens (including phenoxy) is 1. The maximum absolute atomic E-state index is 6.80. The molecular formula is C44H50N4O. The number of hydrogen-bond donors (Lipinski definition) is 0. The van der Waals surface area contributed by atoms with Gasteiger partial charge in [-0.1, -0.05) is 78.3 Å². The highest BCUT2D eigenvalue weighted by atomic mass is 16.5. The van der Waals surface area contributed by atoms with E-state index in [9.17, 15) is 0 Å². The number of aryl methyl sites for hydroxylation is 1. The first kappa shape index (κ1) is 32.9. The molecule has 3 aromatic carbocycles. The average Bonchev–Trinajstić information content (AvgIpc) is 3.61. The summed E-state index contributed by atoms with van der Waals surface area (Å²) in [6, 6.07) is 25.8. The number of rotatable bonds is 8. The van der Waals surface area contributed by atoms with E-state index in [0.717, 1.165) is 40.5 Å². The number of para-hydroxylation sites is 1. The van der Waals surface area contributed by atoms with Crippen LogP contribution in [0.4, 0.5) is 0 Å². The van der Waals surface area contributed by atoms with Gasteiger partial charge in [-0.15, -0.1) is 0 Å². The van der Waals surface area contributed by atoms with Crippen LogP contribution < -0.4 is 4.74 Å². The van der Waals surface area contributed by atoms with Gasteiger partial charge in [-0.25, -0.2) is 9.67 Å². The van der Waals surface area contributed by atoms with Gasteiger partial charge in [0, 0.05) is 40.6 Å². The van der Waals surface area contributed by atoms with Gasteiger partial charge in [-0.2, -0.15) is 5.10 Å². The molecule has 0 radical (unpaired) electrons. The Hall–Kier alpha value is -4.64. The molecular weight excluding hydrogens is 601 g/mol. The fourth-order valence-corrected chi connectivity index (χ4v) is 7.95. The van der Waals surface area contributed by atoms with E-state index >= 15 is 0 Å². The monoisotopic (exact) mass is 650 g/mol. The molecule has 0 amide bonds. The van der Waals surface area contributed by atoms with Gasteiger partial charge in [0.15, 0.2) is 0 Å². The van der Waals surface area contributed by atoms with Crippen molar-refractivity contribution in [3.05, 3.63) is 119 Å². The quantitative estimate of drug-likeness (QED) is 0.154. The van der Waals surface area contributed by atoms with E-state index in [1.165, 1.54) is 50.8 Å². The first-order valence-corrected chi connectivity index (χ1v) is 18.1. The van der Waals surface area contributed by atoms with Crippen molar-refractivity contribution in [2.75, 3.05) is 0 Å². The Morgan fingerprint density at radius 1 is 0.776 bits per heavy atom. The second-order valence-electron chi connectivity index (χ2n) is 15.1. The summed E-state index contributed by atoms with van der Waals surface area (Å²) in [7, 11) is 0. The van der Waals surface area contributed by atoms with Gasteiger partial charge in [0.1, 0.15) is 17.3 Å². The van der Waals surface area contributed by atoms with Crippen molar-refractivity contribution >= 4 is 21.8 Å². The Bertz CT molecular complexity index is 2190. The molecule has 0 saturated carbocycles. The predicted octanol–water partition coefficient (Wildman–Crippen LogP) is 12.3. The molecule has 252 valence electrons. The third-order valence-corrected chi connectivity index (χ3v) is 10.4. The molecule has 6 aromatic rings.